The molecule has 0 aliphatic heterocycles. The fraction of sp³-hybridized carbons (Fsp3) is 0.600. The minimum absolute atomic E-state index is 0.863. The van der Waals surface area contributed by atoms with Gasteiger partial charge >= 0.3 is 0 Å². The Bertz CT molecular complexity index is 143. The van der Waals surface area contributed by atoms with Gasteiger partial charge in [0.1, 0.15) is 0 Å². The first-order chi connectivity index (χ1) is 4.74. The van der Waals surface area contributed by atoms with E-state index in [2.05, 4.69) is 26.5 Å². The number of hydrogen-bond acceptors (Lipinski definition) is 0. The summed E-state index contributed by atoms with van der Waals surface area (Å²) in [7, 11) is 0. The lowest BCUT2D eigenvalue weighted by Crippen LogP contribution is -2.19. The van der Waals surface area contributed by atoms with Gasteiger partial charge in [0.2, 0.25) is 0 Å². The third kappa shape index (κ3) is 1.50. The molecule has 0 N–H and O–H groups in total. The molecule has 0 aromatic rings. The first-order valence-corrected chi connectivity index (χ1v) is 4.04. The average molecular weight is 136 g/mol. The van der Waals surface area contributed by atoms with Crippen molar-refractivity contribution in [1.82, 2.24) is 0 Å². The van der Waals surface area contributed by atoms with Crippen LogP contribution in [0, 0.1) is 11.8 Å². The highest BCUT2D eigenvalue weighted by Gasteiger charge is 2.24. The van der Waals surface area contributed by atoms with Crippen molar-refractivity contribution < 1.29 is 0 Å². The zero-order chi connectivity index (χ0) is 7.56. The summed E-state index contributed by atoms with van der Waals surface area (Å²) in [5.74, 6) is 1.81. The maximum atomic E-state index is 3.68. The molecule has 0 amide bonds. The molecule has 1 aliphatic carbocycles. The Labute approximate surface area is 63.6 Å². The number of rotatable bonds is 2. The molecule has 1 rings (SSSR count). The molecule has 0 bridgehead atoms. The van der Waals surface area contributed by atoms with Gasteiger partial charge in [-0.05, 0) is 24.7 Å². The molecule has 1 aliphatic rings. The molecule has 0 nitrogen and oxygen atoms in total. The zero-order valence-corrected chi connectivity index (χ0v) is 6.93. The van der Waals surface area contributed by atoms with Crippen molar-refractivity contribution in [3.8, 4) is 0 Å². The predicted molar refractivity (Wildman–Crippen MR) is 45.8 cm³/mol. The molecule has 56 valence electrons. The van der Waals surface area contributed by atoms with Crippen LogP contribution < -0.4 is 0 Å². The van der Waals surface area contributed by atoms with Gasteiger partial charge in [0, 0.05) is 0 Å². The molecule has 1 fully saturated rings. The third-order valence-corrected chi connectivity index (χ3v) is 2.35. The van der Waals surface area contributed by atoms with E-state index in [-0.39, 0.29) is 0 Å². The molecule has 1 saturated carbocycles. The van der Waals surface area contributed by atoms with Crippen LogP contribution in [0.5, 0.6) is 0 Å². The Kier molecular flexibility index (Phi) is 2.31. The second-order valence-electron chi connectivity index (χ2n) is 3.47. The molecule has 0 spiro atoms. The van der Waals surface area contributed by atoms with Crippen LogP contribution in [0.1, 0.15) is 26.7 Å². The van der Waals surface area contributed by atoms with E-state index in [0.29, 0.717) is 0 Å². The molecule has 0 saturated heterocycles. The lowest BCUT2D eigenvalue weighted by atomic mass is 9.73. The highest BCUT2D eigenvalue weighted by atomic mass is 14.3. The van der Waals surface area contributed by atoms with Crippen LogP contribution in [0.3, 0.4) is 0 Å². The van der Waals surface area contributed by atoms with Crippen LogP contribution in [0.4, 0.5) is 0 Å². The van der Waals surface area contributed by atoms with E-state index in [9.17, 15) is 0 Å². The SMILES string of the molecule is C=CC=C1CC(C(C)C)C1. The second kappa shape index (κ2) is 3.05. The van der Waals surface area contributed by atoms with Gasteiger partial charge in [0.05, 0.1) is 0 Å². The van der Waals surface area contributed by atoms with E-state index < -0.39 is 0 Å². The van der Waals surface area contributed by atoms with Gasteiger partial charge in [-0.2, -0.15) is 0 Å². The minimum atomic E-state index is 0.863. The van der Waals surface area contributed by atoms with Crippen LogP contribution in [0.2, 0.25) is 0 Å². The first-order valence-electron chi connectivity index (χ1n) is 4.04. The minimum Gasteiger partial charge on any atom is -0.0991 e. The summed E-state index contributed by atoms with van der Waals surface area (Å²) in [4.78, 5) is 0. The molecular weight excluding hydrogens is 120 g/mol. The molecule has 0 heteroatoms. The summed E-state index contributed by atoms with van der Waals surface area (Å²) in [6, 6.07) is 0. The van der Waals surface area contributed by atoms with Gasteiger partial charge in [-0.15, -0.1) is 0 Å². The highest BCUT2D eigenvalue weighted by molar-refractivity contribution is 5.18. The predicted octanol–water partition coefficient (Wildman–Crippen LogP) is 3.16. The van der Waals surface area contributed by atoms with Gasteiger partial charge in [0.25, 0.3) is 0 Å². The van der Waals surface area contributed by atoms with Crippen LogP contribution in [-0.2, 0) is 0 Å². The molecule has 0 radical (unpaired) electrons. The molecule has 0 unspecified atom stereocenters. The molecule has 0 aromatic heterocycles. The van der Waals surface area contributed by atoms with Crippen molar-refractivity contribution >= 4 is 0 Å². The second-order valence-corrected chi connectivity index (χ2v) is 3.47. The van der Waals surface area contributed by atoms with Gasteiger partial charge in [0.15, 0.2) is 0 Å². The molecule has 10 heavy (non-hydrogen) atoms. The van der Waals surface area contributed by atoms with Crippen molar-refractivity contribution in [3.05, 3.63) is 24.3 Å². The monoisotopic (exact) mass is 136 g/mol. The maximum Gasteiger partial charge on any atom is -0.0283 e. The van der Waals surface area contributed by atoms with Gasteiger partial charge in [-0.3, -0.25) is 0 Å². The van der Waals surface area contributed by atoms with Crippen LogP contribution in [0.25, 0.3) is 0 Å². The van der Waals surface area contributed by atoms with E-state index in [1.165, 1.54) is 12.8 Å². The Morgan fingerprint density at radius 1 is 1.50 bits per heavy atom. The zero-order valence-electron chi connectivity index (χ0n) is 6.93. The van der Waals surface area contributed by atoms with Gasteiger partial charge in [-0.25, -0.2) is 0 Å². The number of allylic oxidation sites excluding steroid dienone is 3. The Morgan fingerprint density at radius 3 is 2.50 bits per heavy atom. The van der Waals surface area contributed by atoms with E-state index in [1.54, 1.807) is 5.57 Å². The van der Waals surface area contributed by atoms with Crippen molar-refractivity contribution in [3.63, 3.8) is 0 Å². The summed E-state index contributed by atoms with van der Waals surface area (Å²) < 4.78 is 0. The van der Waals surface area contributed by atoms with Crippen molar-refractivity contribution in [2.45, 2.75) is 26.7 Å². The maximum absolute atomic E-state index is 3.68. The summed E-state index contributed by atoms with van der Waals surface area (Å²) >= 11 is 0. The number of hydrogen-bond donors (Lipinski definition) is 0. The van der Waals surface area contributed by atoms with Crippen LogP contribution in [0.15, 0.2) is 24.3 Å². The van der Waals surface area contributed by atoms with Crippen molar-refractivity contribution in [2.75, 3.05) is 0 Å². The summed E-state index contributed by atoms with van der Waals surface area (Å²) in [5.41, 5.74) is 1.58. The van der Waals surface area contributed by atoms with E-state index in [0.717, 1.165) is 11.8 Å². The average Bonchev–Trinajstić information content (AvgIpc) is 1.76. The van der Waals surface area contributed by atoms with Crippen LogP contribution in [-0.4, -0.2) is 0 Å². The lowest BCUT2D eigenvalue weighted by molar-refractivity contribution is 0.309. The normalized spacial score (nSPS) is 24.3. The van der Waals surface area contributed by atoms with E-state index in [1.807, 2.05) is 6.08 Å². The Hall–Kier alpha value is -0.520. The smallest absolute Gasteiger partial charge is 0.0283 e. The quantitative estimate of drug-likeness (QED) is 0.547. The molecular formula is C10H16. The lowest BCUT2D eigenvalue weighted by Gasteiger charge is -2.32. The fourth-order valence-corrected chi connectivity index (χ4v) is 1.39. The first kappa shape index (κ1) is 7.59. The molecule has 0 atom stereocenters. The Morgan fingerprint density at radius 2 is 2.10 bits per heavy atom. The van der Waals surface area contributed by atoms with Crippen molar-refractivity contribution in [1.29, 1.82) is 0 Å². The van der Waals surface area contributed by atoms with Gasteiger partial charge < -0.3 is 0 Å². The van der Waals surface area contributed by atoms with Crippen LogP contribution >= 0.6 is 0 Å². The topological polar surface area (TPSA) is 0 Å². The summed E-state index contributed by atoms with van der Waals surface area (Å²) in [6.45, 7) is 8.28. The standard InChI is InChI=1S/C10H16/c1-4-5-9-6-10(7-9)8(2)3/h4-5,8,10H,1,6-7H2,2-3H3. The third-order valence-electron chi connectivity index (χ3n) is 2.35. The largest absolute Gasteiger partial charge is 0.0991 e. The van der Waals surface area contributed by atoms with E-state index in [4.69, 9.17) is 0 Å². The summed E-state index contributed by atoms with van der Waals surface area (Å²) in [5, 5.41) is 0. The van der Waals surface area contributed by atoms with E-state index >= 15 is 0 Å². The van der Waals surface area contributed by atoms with Crippen molar-refractivity contribution in [2.24, 2.45) is 11.8 Å². The van der Waals surface area contributed by atoms with Gasteiger partial charge in [-0.1, -0.05) is 38.2 Å². The Balaban J connectivity index is 2.30. The molecule has 0 heterocycles. The highest BCUT2D eigenvalue weighted by Crippen LogP contribution is 2.37. The summed E-state index contributed by atoms with van der Waals surface area (Å²) in [6.07, 6.45) is 6.66. The molecule has 0 aromatic carbocycles. The fourth-order valence-electron chi connectivity index (χ4n) is 1.39.